The number of para-hydroxylation sites is 1. The van der Waals surface area contributed by atoms with Gasteiger partial charge in [0.15, 0.2) is 0 Å². The van der Waals surface area contributed by atoms with E-state index < -0.39 is 46.0 Å². The van der Waals surface area contributed by atoms with Crippen molar-refractivity contribution in [1.82, 2.24) is 0 Å². The molecule has 12 aromatic rings. The fourth-order valence-corrected chi connectivity index (χ4v) is 22.7. The van der Waals surface area contributed by atoms with Crippen LogP contribution in [0.1, 0.15) is 120 Å². The van der Waals surface area contributed by atoms with E-state index in [1.54, 1.807) is 146 Å². The molecule has 5 aliphatic rings. The van der Waals surface area contributed by atoms with Gasteiger partial charge in [0, 0.05) is 146 Å². The van der Waals surface area contributed by atoms with Crippen molar-refractivity contribution in [1.29, 1.82) is 0 Å². The lowest BCUT2D eigenvalue weighted by Crippen LogP contribution is -2.37. The molecule has 0 spiro atoms. The van der Waals surface area contributed by atoms with Gasteiger partial charge in [0.2, 0.25) is 40.1 Å². The molecule has 25 nitrogen and oxygen atoms in total. The lowest BCUT2D eigenvalue weighted by Gasteiger charge is -2.28. The second kappa shape index (κ2) is 40.6. The zero-order valence-electron chi connectivity index (χ0n) is 70.5. The number of nitrogens with two attached hydrogens (primary N) is 1. The molecule has 4 saturated heterocycles. The van der Waals surface area contributed by atoms with Crippen molar-refractivity contribution >= 4 is 201 Å². The summed E-state index contributed by atoms with van der Waals surface area (Å²) >= 11 is 25.2. The van der Waals surface area contributed by atoms with Gasteiger partial charge in [-0.3, -0.25) is 46.2 Å². The minimum absolute atomic E-state index is 0.0937. The van der Waals surface area contributed by atoms with E-state index in [1.807, 2.05) is 123 Å². The summed E-state index contributed by atoms with van der Waals surface area (Å²) in [6.07, 6.45) is 6.64. The lowest BCUT2D eigenvalue weighted by molar-refractivity contribution is 0.101. The van der Waals surface area contributed by atoms with Gasteiger partial charge in [0.05, 0.1) is 67.7 Å². The van der Waals surface area contributed by atoms with Gasteiger partial charge in [-0.1, -0.05) is 113 Å². The minimum atomic E-state index is -3.38. The molecule has 12 aromatic carbocycles. The van der Waals surface area contributed by atoms with Crippen molar-refractivity contribution < 1.29 is 57.6 Å². The van der Waals surface area contributed by atoms with E-state index in [4.69, 9.17) is 57.1 Å². The van der Waals surface area contributed by atoms with Crippen LogP contribution in [0.5, 0.6) is 0 Å². The summed E-state index contributed by atoms with van der Waals surface area (Å²) in [6, 6.07) is 74.1. The molecule has 5 aliphatic heterocycles. The second-order valence-electron chi connectivity index (χ2n) is 31.4. The highest BCUT2D eigenvalue weighted by atomic mass is 35.5. The zero-order valence-corrected chi connectivity index (χ0v) is 76.8. The van der Waals surface area contributed by atoms with Gasteiger partial charge in [0.25, 0.3) is 29.5 Å². The number of hydrogen-bond donors (Lipinski definition) is 6. The van der Waals surface area contributed by atoms with Gasteiger partial charge >= 0.3 is 0 Å². The van der Waals surface area contributed by atoms with Gasteiger partial charge in [-0.15, -0.1) is 0 Å². The molecule has 0 radical (unpaired) electrons. The Morgan fingerprint density at radius 3 is 1.31 bits per heavy atom. The number of hydrogen-bond acceptors (Lipinski definition) is 16. The third-order valence-electron chi connectivity index (χ3n) is 22.2. The molecular weight excluding hydrogens is 1800 g/mol. The Morgan fingerprint density at radius 2 is 0.806 bits per heavy atom. The lowest BCUT2D eigenvalue weighted by atomic mass is 10.0. The Kier molecular flexibility index (Phi) is 29.2. The molecule has 0 bridgehead atoms. The Labute approximate surface area is 770 Å². The topological polar surface area (TPSA) is 337 Å². The molecule has 5 amide bonds. The molecular formula is C96H92Cl4N12O13S4. The summed E-state index contributed by atoms with van der Waals surface area (Å²) in [5, 5.41) is 17.8. The smallest absolute Gasteiger partial charge is 0.257 e. The van der Waals surface area contributed by atoms with Crippen LogP contribution in [-0.2, 0) is 46.5 Å². The number of sulfonamides is 4. The van der Waals surface area contributed by atoms with Crippen molar-refractivity contribution in [3.63, 3.8) is 0 Å². The van der Waals surface area contributed by atoms with Gasteiger partial charge < -0.3 is 37.2 Å². The minimum Gasteiger partial charge on any atom is -0.398 e. The van der Waals surface area contributed by atoms with Crippen molar-refractivity contribution in [2.45, 2.75) is 64.7 Å². The van der Waals surface area contributed by atoms with E-state index in [2.05, 4.69) is 26.6 Å². The highest BCUT2D eigenvalue weighted by Gasteiger charge is 2.32. The number of carbonyl (C=O) groups excluding carboxylic acids is 5. The first-order valence-corrected chi connectivity index (χ1v) is 49.5. The highest BCUT2D eigenvalue weighted by molar-refractivity contribution is 7.93. The van der Waals surface area contributed by atoms with E-state index in [0.29, 0.717) is 152 Å². The van der Waals surface area contributed by atoms with E-state index >= 15 is 0 Å². The van der Waals surface area contributed by atoms with Crippen LogP contribution >= 0.6 is 46.4 Å². The number of rotatable bonds is 17. The highest BCUT2D eigenvalue weighted by Crippen LogP contribution is 2.38. The van der Waals surface area contributed by atoms with E-state index in [-0.39, 0.29) is 57.2 Å². The Morgan fingerprint density at radius 1 is 0.372 bits per heavy atom. The summed E-state index contributed by atoms with van der Waals surface area (Å²) in [4.78, 5) is 70.5. The normalized spacial score (nSPS) is 15.7. The number of nitrogens with zero attached hydrogens (tertiary/aromatic N) is 6. The number of fused-ring (bicyclic) bond motifs is 2. The van der Waals surface area contributed by atoms with Crippen molar-refractivity contribution in [3.05, 3.63) is 319 Å². The summed E-state index contributed by atoms with van der Waals surface area (Å²) in [5.74, 6) is -1.04. The van der Waals surface area contributed by atoms with Crippen LogP contribution in [0.4, 0.5) is 68.2 Å². The molecule has 0 unspecified atom stereocenters. The molecule has 0 saturated carbocycles. The average Bonchev–Trinajstić information content (AvgIpc) is 1.66. The SMILES string of the molecule is CN(C)c1ccc(-c2cc(NC(=O)c3ccc(N4CCCCS4(=O)=O)cc3)ccc2Cl)cc1.Cc1ccc(NC(=O)c2ccc(N3CCCCS3(=O)=O)cc2Cl)cc1NC(=O)c1cccc(Cl)c1.Nc1cccc2c(NC(=O)c3ccc(N4CCCCS4(=O)=O)cc3)cccc12.O=C(Nc1ccc(Cl)c(C2=Nc3ccccc3C2)c1)c1ccc(N2CCCCS2(=O)=O)cc1. The molecule has 33 heteroatoms. The molecule has 17 rings (SSSR count). The number of nitrogen functional groups attached to an aromatic ring is 1. The van der Waals surface area contributed by atoms with Crippen LogP contribution in [0.15, 0.2) is 260 Å². The number of benzene rings is 12. The maximum absolute atomic E-state index is 12.9. The Balaban J connectivity index is 0.000000139. The van der Waals surface area contributed by atoms with E-state index in [9.17, 15) is 57.6 Å². The predicted octanol–water partition coefficient (Wildman–Crippen LogP) is 19.8. The third-order valence-corrected chi connectivity index (χ3v) is 30.9. The van der Waals surface area contributed by atoms with Crippen molar-refractivity contribution in [2.24, 2.45) is 4.99 Å². The van der Waals surface area contributed by atoms with Crippen molar-refractivity contribution in [2.75, 3.05) is 118 Å². The molecule has 4 fully saturated rings. The Bertz CT molecular complexity index is 6800. The van der Waals surface area contributed by atoms with Crippen molar-refractivity contribution in [3.8, 4) is 11.1 Å². The number of nitrogens with one attached hydrogen (secondary N) is 5. The fraction of sp³-hybridized carbons (Fsp3) is 0.208. The monoisotopic (exact) mass is 1890 g/mol. The van der Waals surface area contributed by atoms with E-state index in [0.717, 1.165) is 81.4 Å². The summed E-state index contributed by atoms with van der Waals surface area (Å²) in [6.45, 7) is 3.64. The van der Waals surface area contributed by atoms with Gasteiger partial charge in [-0.25, -0.2) is 33.7 Å². The molecule has 666 valence electrons. The zero-order chi connectivity index (χ0) is 91.5. The van der Waals surface area contributed by atoms with Crippen LogP contribution in [0.2, 0.25) is 20.1 Å². The van der Waals surface area contributed by atoms with Crippen LogP contribution in [0.25, 0.3) is 21.9 Å². The molecule has 5 heterocycles. The molecule has 0 aromatic heterocycles. The first-order chi connectivity index (χ1) is 61.7. The first-order valence-electron chi connectivity index (χ1n) is 41.6. The van der Waals surface area contributed by atoms with Crippen LogP contribution in [-0.4, -0.2) is 132 Å². The summed E-state index contributed by atoms with van der Waals surface area (Å²) in [7, 11) is -9.25. The van der Waals surface area contributed by atoms with Crippen LogP contribution in [0, 0.1) is 6.92 Å². The second-order valence-corrected chi connectivity index (χ2v) is 41.1. The van der Waals surface area contributed by atoms with Gasteiger partial charge in [-0.2, -0.15) is 0 Å². The maximum Gasteiger partial charge on any atom is 0.257 e. The fourth-order valence-electron chi connectivity index (χ4n) is 15.3. The largest absolute Gasteiger partial charge is 0.398 e. The molecule has 129 heavy (non-hydrogen) atoms. The first kappa shape index (κ1) is 92.8. The molecule has 7 N–H and O–H groups in total. The molecule has 0 atom stereocenters. The number of halogens is 4. The van der Waals surface area contributed by atoms with Gasteiger partial charge in [0.1, 0.15) is 0 Å². The number of carbonyl (C=O) groups is 5. The maximum atomic E-state index is 12.9. The van der Waals surface area contributed by atoms with Crippen LogP contribution in [0.3, 0.4) is 0 Å². The number of anilines is 11. The quantitative estimate of drug-likeness (QED) is 0.0461. The number of aryl methyl sites for hydroxylation is 1. The molecule has 0 aliphatic carbocycles. The standard InChI is InChI=1S/C25H23Cl2N3O4S.C25H22ClN3O3S.C25H26ClN3O3S.C21H21N3O3S/c1-16-7-8-19(14-23(16)29-24(31)17-5-4-6-18(26)13-17)28-25(32)21-10-9-20(15-22(21)27)30-11-2-3-12-35(30,33)34;26-22-12-9-19(16-21(22)24-15-18-5-1-2-6-23(18)28-24)27-25(30)17-7-10-20(11-8-17)29-13-3-4-14-33(29,31)32;1-28(2)21-10-5-18(6-11-21)23-17-20(9-14-24(23)26)27-25(30)19-7-12-22(13-8-19)29-15-3-4-16-33(29,31)32;22-19-7-3-6-18-17(19)5-4-8-20(18)23-21(25)15-9-11-16(12-10-15)24-13-1-2-14-28(24,26)27/h4-10,13-15H,2-3,11-12H2,1H3,(H,28,32)(H,29,31);1-2,5-12,16H,3-4,13-15H2,(H,27,30);5-14,17H,3-4,15-16H2,1-2H3,(H,27,30);3-12H,1-2,13-14,22H2,(H,23,25). The Hall–Kier alpha value is -12.3. The van der Waals surface area contributed by atoms with E-state index in [1.165, 1.54) is 29.4 Å². The van der Waals surface area contributed by atoms with Crippen LogP contribution < -0.4 is 54.4 Å². The third kappa shape index (κ3) is 22.7. The average molecular weight is 1890 g/mol. The van der Waals surface area contributed by atoms with Gasteiger partial charge in [-0.05, 0) is 263 Å². The summed E-state index contributed by atoms with van der Waals surface area (Å²) in [5.41, 5.74) is 21.1. The number of amides is 5. The summed E-state index contributed by atoms with van der Waals surface area (Å²) < 4.78 is 104. The predicted molar refractivity (Wildman–Crippen MR) is 522 cm³/mol. The number of aliphatic imine (C=N–C) groups is 1.